The molecule has 1 rings (SSSR count). The molecular weight excluding hydrogens is 271 g/mol. The fraction of sp³-hybridized carbons (Fsp3) is 0.300. The highest BCUT2D eigenvalue weighted by atomic mass is 35.5. The van der Waals surface area contributed by atoms with Gasteiger partial charge in [-0.15, -0.1) is 0 Å². The van der Waals surface area contributed by atoms with Crippen LogP contribution in [0.25, 0.3) is 0 Å². The number of hydrogen-bond donors (Lipinski definition) is 2. The molecule has 0 spiro atoms. The summed E-state index contributed by atoms with van der Waals surface area (Å²) in [5.41, 5.74) is 5.70. The van der Waals surface area contributed by atoms with Crippen molar-refractivity contribution in [3.8, 4) is 0 Å². The Hall–Kier alpha value is -1.63. The van der Waals surface area contributed by atoms with Crippen molar-refractivity contribution in [1.29, 1.82) is 0 Å². The quantitative estimate of drug-likeness (QED) is 0.387. The Morgan fingerprint density at radius 3 is 2.61 bits per heavy atom. The molecule has 0 aliphatic heterocycles. The largest absolute Gasteiger partial charge is 0.409 e. The van der Waals surface area contributed by atoms with Gasteiger partial charge in [0.1, 0.15) is 6.54 Å². The minimum atomic E-state index is -4.36. The average molecular weight is 282 g/mol. The van der Waals surface area contributed by atoms with Crippen molar-refractivity contribution in [3.63, 3.8) is 0 Å². The molecule has 0 radical (unpaired) electrons. The molecule has 0 aliphatic carbocycles. The van der Waals surface area contributed by atoms with Gasteiger partial charge >= 0.3 is 6.18 Å². The molecule has 18 heavy (non-hydrogen) atoms. The maximum Gasteiger partial charge on any atom is 0.405 e. The van der Waals surface area contributed by atoms with E-state index in [1.165, 1.54) is 25.2 Å². The van der Waals surface area contributed by atoms with Gasteiger partial charge in [0.15, 0.2) is 5.84 Å². The highest BCUT2D eigenvalue weighted by molar-refractivity contribution is 6.31. The van der Waals surface area contributed by atoms with Crippen LogP contribution in [-0.4, -0.2) is 30.8 Å². The lowest BCUT2D eigenvalue weighted by Crippen LogP contribution is -2.32. The van der Waals surface area contributed by atoms with Crippen LogP contribution in [-0.2, 0) is 0 Å². The predicted octanol–water partition coefficient (Wildman–Crippen LogP) is 2.43. The van der Waals surface area contributed by atoms with E-state index in [0.717, 1.165) is 4.90 Å². The zero-order valence-electron chi connectivity index (χ0n) is 9.37. The lowest BCUT2D eigenvalue weighted by Gasteiger charge is -2.23. The van der Waals surface area contributed by atoms with Crippen LogP contribution in [0.15, 0.2) is 23.4 Å². The molecule has 0 amide bonds. The first kappa shape index (κ1) is 14.4. The third-order valence-corrected chi connectivity index (χ3v) is 2.41. The van der Waals surface area contributed by atoms with Gasteiger partial charge in [-0.05, 0) is 18.2 Å². The van der Waals surface area contributed by atoms with E-state index < -0.39 is 12.7 Å². The van der Waals surface area contributed by atoms with Gasteiger partial charge in [0, 0.05) is 23.3 Å². The summed E-state index contributed by atoms with van der Waals surface area (Å²) in [5, 5.41) is 11.6. The number of amidine groups is 1. The minimum absolute atomic E-state index is 0.134. The summed E-state index contributed by atoms with van der Waals surface area (Å²) >= 11 is 5.73. The summed E-state index contributed by atoms with van der Waals surface area (Å²) < 4.78 is 37.0. The lowest BCUT2D eigenvalue weighted by molar-refractivity contribution is -0.119. The first-order chi connectivity index (χ1) is 8.24. The molecule has 1 aromatic carbocycles. The summed E-state index contributed by atoms with van der Waals surface area (Å²) in [7, 11) is 1.24. The molecule has 0 aromatic heterocycles. The van der Waals surface area contributed by atoms with Crippen molar-refractivity contribution in [2.24, 2.45) is 10.9 Å². The highest BCUT2D eigenvalue weighted by Gasteiger charge is 2.30. The molecular formula is C10H11ClF3N3O. The van der Waals surface area contributed by atoms with Crippen LogP contribution < -0.4 is 10.6 Å². The number of anilines is 1. The van der Waals surface area contributed by atoms with E-state index in [0.29, 0.717) is 0 Å². The van der Waals surface area contributed by atoms with Crippen LogP contribution in [0.5, 0.6) is 0 Å². The first-order valence-corrected chi connectivity index (χ1v) is 5.17. The third kappa shape index (κ3) is 3.69. The third-order valence-electron chi connectivity index (χ3n) is 2.17. The van der Waals surface area contributed by atoms with Crippen LogP contribution >= 0.6 is 11.6 Å². The summed E-state index contributed by atoms with van der Waals surface area (Å²) in [4.78, 5) is 0.930. The lowest BCUT2D eigenvalue weighted by atomic mass is 10.1. The smallest absolute Gasteiger partial charge is 0.405 e. The Bertz CT molecular complexity index is 462. The Morgan fingerprint density at radius 2 is 2.11 bits per heavy atom. The fourth-order valence-electron chi connectivity index (χ4n) is 1.45. The molecule has 4 nitrogen and oxygen atoms in total. The maximum atomic E-state index is 12.3. The van der Waals surface area contributed by atoms with Crippen molar-refractivity contribution in [3.05, 3.63) is 28.8 Å². The van der Waals surface area contributed by atoms with Gasteiger partial charge < -0.3 is 15.8 Å². The van der Waals surface area contributed by atoms with Crippen LogP contribution in [0.2, 0.25) is 5.02 Å². The van der Waals surface area contributed by atoms with Crippen molar-refractivity contribution < 1.29 is 18.4 Å². The van der Waals surface area contributed by atoms with E-state index >= 15 is 0 Å². The highest BCUT2D eigenvalue weighted by Crippen LogP contribution is 2.27. The number of nitrogens with zero attached hydrogens (tertiary/aromatic N) is 2. The zero-order chi connectivity index (χ0) is 13.9. The van der Waals surface area contributed by atoms with Gasteiger partial charge in [0.05, 0.1) is 0 Å². The Morgan fingerprint density at radius 1 is 1.50 bits per heavy atom. The van der Waals surface area contributed by atoms with Gasteiger partial charge in [-0.25, -0.2) is 0 Å². The molecule has 0 saturated carbocycles. The number of halogens is 4. The predicted molar refractivity (Wildman–Crippen MR) is 63.3 cm³/mol. The number of alkyl halides is 3. The van der Waals surface area contributed by atoms with Crippen molar-refractivity contribution in [1.82, 2.24) is 0 Å². The molecule has 0 aliphatic rings. The summed E-state index contributed by atoms with van der Waals surface area (Å²) in [6, 6.07) is 4.15. The molecule has 0 fully saturated rings. The van der Waals surface area contributed by atoms with E-state index in [1.807, 2.05) is 0 Å². The summed E-state index contributed by atoms with van der Waals surface area (Å²) in [6.45, 7) is -1.17. The van der Waals surface area contributed by atoms with Crippen LogP contribution in [0.1, 0.15) is 5.56 Å². The maximum absolute atomic E-state index is 12.3. The van der Waals surface area contributed by atoms with E-state index in [-0.39, 0.29) is 22.1 Å². The normalized spacial score (nSPS) is 12.6. The molecule has 3 N–H and O–H groups in total. The molecule has 0 atom stereocenters. The summed E-state index contributed by atoms with van der Waals surface area (Å²) in [5.74, 6) is -0.282. The van der Waals surface area contributed by atoms with Crippen LogP contribution in [0.3, 0.4) is 0 Å². The first-order valence-electron chi connectivity index (χ1n) is 4.80. The van der Waals surface area contributed by atoms with Gasteiger partial charge in [0.25, 0.3) is 0 Å². The molecule has 100 valence electrons. The molecule has 0 saturated heterocycles. The summed E-state index contributed by atoms with van der Waals surface area (Å²) in [6.07, 6.45) is -4.36. The Balaban J connectivity index is 3.17. The second-order valence-corrected chi connectivity index (χ2v) is 4.05. The Kier molecular flexibility index (Phi) is 4.28. The minimum Gasteiger partial charge on any atom is -0.409 e. The van der Waals surface area contributed by atoms with Gasteiger partial charge in [-0.2, -0.15) is 13.2 Å². The molecule has 8 heteroatoms. The molecule has 0 unspecified atom stereocenters. The zero-order valence-corrected chi connectivity index (χ0v) is 10.1. The van der Waals surface area contributed by atoms with Crippen molar-refractivity contribution >= 4 is 23.1 Å². The van der Waals surface area contributed by atoms with Gasteiger partial charge in [-0.3, -0.25) is 0 Å². The van der Waals surface area contributed by atoms with E-state index in [4.69, 9.17) is 22.5 Å². The SMILES string of the molecule is CN(CC(F)(F)F)c1cc(Cl)ccc1C(N)=NO. The van der Waals surface area contributed by atoms with Crippen LogP contribution in [0.4, 0.5) is 18.9 Å². The monoisotopic (exact) mass is 281 g/mol. The number of nitrogens with two attached hydrogens (primary N) is 1. The molecule has 0 heterocycles. The van der Waals surface area contributed by atoms with Crippen LogP contribution in [0, 0.1) is 0 Å². The topological polar surface area (TPSA) is 61.8 Å². The van der Waals surface area contributed by atoms with E-state index in [9.17, 15) is 13.2 Å². The number of oxime groups is 1. The number of rotatable bonds is 3. The second-order valence-electron chi connectivity index (χ2n) is 3.62. The second kappa shape index (κ2) is 5.34. The van der Waals surface area contributed by atoms with Crippen molar-refractivity contribution in [2.45, 2.75) is 6.18 Å². The van der Waals surface area contributed by atoms with E-state index in [1.54, 1.807) is 0 Å². The van der Waals surface area contributed by atoms with Gasteiger partial charge in [-0.1, -0.05) is 16.8 Å². The number of benzene rings is 1. The van der Waals surface area contributed by atoms with E-state index in [2.05, 4.69) is 5.16 Å². The molecule has 0 bridgehead atoms. The average Bonchev–Trinajstić information content (AvgIpc) is 2.25. The van der Waals surface area contributed by atoms with Crippen molar-refractivity contribution in [2.75, 3.05) is 18.5 Å². The Labute approximate surface area is 106 Å². The standard InChI is InChI=1S/C10H11ClF3N3O/c1-17(5-10(12,13)14)8-4-6(11)2-3-7(8)9(15)16-18/h2-4,18H,5H2,1H3,(H2,15,16). The number of hydrogen-bond acceptors (Lipinski definition) is 3. The fourth-order valence-corrected chi connectivity index (χ4v) is 1.61. The molecule has 1 aromatic rings. The van der Waals surface area contributed by atoms with Gasteiger partial charge in [0.2, 0.25) is 0 Å².